The van der Waals surface area contributed by atoms with Crippen LogP contribution in [0.4, 0.5) is 4.79 Å². The maximum Gasteiger partial charge on any atom is 0.317 e. The van der Waals surface area contributed by atoms with E-state index in [4.69, 9.17) is 23.2 Å². The van der Waals surface area contributed by atoms with Crippen LogP contribution in [0.1, 0.15) is 24.5 Å². The summed E-state index contributed by atoms with van der Waals surface area (Å²) in [5, 5.41) is 4.15. The van der Waals surface area contributed by atoms with Crippen molar-refractivity contribution in [2.45, 2.75) is 32.4 Å². The first kappa shape index (κ1) is 21.0. The highest BCUT2D eigenvalue weighted by Gasteiger charge is 2.29. The second kappa shape index (κ2) is 10.1. The van der Waals surface area contributed by atoms with E-state index in [-0.39, 0.29) is 12.1 Å². The van der Waals surface area contributed by atoms with E-state index in [0.717, 1.165) is 38.0 Å². The highest BCUT2D eigenvalue weighted by atomic mass is 35.5. The first-order chi connectivity index (χ1) is 13.6. The molecule has 0 aliphatic carbocycles. The fourth-order valence-corrected chi connectivity index (χ4v) is 4.05. The van der Waals surface area contributed by atoms with E-state index in [1.807, 2.05) is 30.0 Å². The van der Waals surface area contributed by atoms with Gasteiger partial charge in [0.1, 0.15) is 0 Å². The van der Waals surface area contributed by atoms with E-state index in [9.17, 15) is 4.79 Å². The van der Waals surface area contributed by atoms with Crippen molar-refractivity contribution < 1.29 is 4.79 Å². The second-order valence-electron chi connectivity index (χ2n) is 7.18. The van der Waals surface area contributed by atoms with E-state index in [0.29, 0.717) is 23.1 Å². The number of halogens is 2. The van der Waals surface area contributed by atoms with Crippen LogP contribution in [-0.2, 0) is 13.0 Å². The highest BCUT2D eigenvalue weighted by Crippen LogP contribution is 2.23. The fraction of sp³-hybridized carbons (Fsp3) is 0.409. The number of carbonyl (C=O) groups excluding carboxylic acids is 1. The fourth-order valence-electron chi connectivity index (χ4n) is 3.73. The molecule has 4 nitrogen and oxygen atoms in total. The minimum atomic E-state index is 0.00845. The van der Waals surface area contributed by atoms with Gasteiger partial charge in [-0.15, -0.1) is 0 Å². The van der Waals surface area contributed by atoms with Gasteiger partial charge in [0.15, 0.2) is 0 Å². The van der Waals surface area contributed by atoms with Gasteiger partial charge in [-0.2, -0.15) is 0 Å². The van der Waals surface area contributed by atoms with Crippen LogP contribution in [0.5, 0.6) is 0 Å². The van der Waals surface area contributed by atoms with Crippen molar-refractivity contribution in [1.29, 1.82) is 0 Å². The smallest absolute Gasteiger partial charge is 0.317 e. The second-order valence-corrected chi connectivity index (χ2v) is 7.99. The number of benzene rings is 2. The molecule has 2 aromatic rings. The summed E-state index contributed by atoms with van der Waals surface area (Å²) in [5.41, 5.74) is 2.38. The van der Waals surface area contributed by atoms with Crippen LogP contribution in [0.3, 0.4) is 0 Å². The van der Waals surface area contributed by atoms with Gasteiger partial charge < -0.3 is 10.2 Å². The van der Waals surface area contributed by atoms with Crippen molar-refractivity contribution in [3.63, 3.8) is 0 Å². The van der Waals surface area contributed by atoms with Crippen LogP contribution in [0, 0.1) is 0 Å². The Morgan fingerprint density at radius 3 is 2.64 bits per heavy atom. The molecule has 1 aliphatic heterocycles. The molecule has 0 aromatic heterocycles. The summed E-state index contributed by atoms with van der Waals surface area (Å²) in [5.74, 6) is 0. The summed E-state index contributed by atoms with van der Waals surface area (Å²) in [6.07, 6.45) is 1.74. The van der Waals surface area contributed by atoms with Crippen LogP contribution < -0.4 is 5.32 Å². The molecule has 150 valence electrons. The summed E-state index contributed by atoms with van der Waals surface area (Å²) >= 11 is 12.0. The van der Waals surface area contributed by atoms with Crippen molar-refractivity contribution in [3.8, 4) is 0 Å². The number of hydrogen-bond acceptors (Lipinski definition) is 2. The molecule has 3 rings (SSSR count). The largest absolute Gasteiger partial charge is 0.338 e. The van der Waals surface area contributed by atoms with Gasteiger partial charge in [-0.3, -0.25) is 4.90 Å². The molecule has 1 heterocycles. The van der Waals surface area contributed by atoms with Crippen LogP contribution >= 0.6 is 23.2 Å². The predicted molar refractivity (Wildman–Crippen MR) is 116 cm³/mol. The lowest BCUT2D eigenvalue weighted by atomic mass is 10.1. The van der Waals surface area contributed by atoms with E-state index >= 15 is 0 Å². The Hall–Kier alpha value is -1.75. The van der Waals surface area contributed by atoms with Crippen LogP contribution in [-0.4, -0.2) is 48.1 Å². The Labute approximate surface area is 177 Å². The van der Waals surface area contributed by atoms with Crippen molar-refractivity contribution in [3.05, 3.63) is 69.7 Å². The standard InChI is InChI=1S/C22H27Cl2N3O/c1-2-27(19-11-13-26(16-19)15-18-6-4-3-5-7-18)22(28)25-12-10-17-8-9-20(23)21(24)14-17/h3-9,14,19H,2,10-13,15-16H2,1H3,(H,25,28). The van der Waals surface area contributed by atoms with Crippen LogP contribution in [0.25, 0.3) is 0 Å². The molecule has 1 aliphatic rings. The maximum absolute atomic E-state index is 12.7. The number of likely N-dealkylation sites (tertiary alicyclic amines) is 1. The number of nitrogens with one attached hydrogen (secondary N) is 1. The SMILES string of the molecule is CCN(C(=O)NCCc1ccc(Cl)c(Cl)c1)C1CCN(Cc2ccccc2)C1. The van der Waals surface area contributed by atoms with E-state index in [1.165, 1.54) is 5.56 Å². The molecule has 6 heteroatoms. The van der Waals surface area contributed by atoms with E-state index < -0.39 is 0 Å². The number of hydrogen-bond donors (Lipinski definition) is 1. The predicted octanol–water partition coefficient (Wildman–Crippen LogP) is 4.84. The van der Waals surface area contributed by atoms with Gasteiger partial charge in [0, 0.05) is 38.8 Å². The van der Waals surface area contributed by atoms with Gasteiger partial charge in [0.05, 0.1) is 10.0 Å². The summed E-state index contributed by atoms with van der Waals surface area (Å²) in [6, 6.07) is 16.3. The van der Waals surface area contributed by atoms with Gasteiger partial charge in [-0.1, -0.05) is 59.6 Å². The Balaban J connectivity index is 1.47. The van der Waals surface area contributed by atoms with Crippen LogP contribution in [0.2, 0.25) is 10.0 Å². The molecule has 2 aromatic carbocycles. The zero-order valence-corrected chi connectivity index (χ0v) is 17.7. The molecule has 2 amide bonds. The Kier molecular flexibility index (Phi) is 7.60. The summed E-state index contributed by atoms with van der Waals surface area (Å²) in [7, 11) is 0. The maximum atomic E-state index is 12.7. The zero-order valence-electron chi connectivity index (χ0n) is 16.2. The number of urea groups is 1. The van der Waals surface area contributed by atoms with Crippen LogP contribution in [0.15, 0.2) is 48.5 Å². The lowest BCUT2D eigenvalue weighted by Crippen LogP contribution is -2.47. The summed E-state index contributed by atoms with van der Waals surface area (Å²) < 4.78 is 0. The molecule has 0 radical (unpaired) electrons. The topological polar surface area (TPSA) is 35.6 Å². The molecule has 0 saturated carbocycles. The molecular weight excluding hydrogens is 393 g/mol. The molecule has 0 spiro atoms. The number of rotatable bonds is 7. The van der Waals surface area contributed by atoms with Gasteiger partial charge in [0.25, 0.3) is 0 Å². The average Bonchev–Trinajstić information content (AvgIpc) is 3.14. The summed E-state index contributed by atoms with van der Waals surface area (Å²) in [4.78, 5) is 17.1. The first-order valence-electron chi connectivity index (χ1n) is 9.81. The van der Waals surface area contributed by atoms with Gasteiger partial charge >= 0.3 is 6.03 Å². The third kappa shape index (κ3) is 5.63. The number of nitrogens with zero attached hydrogens (tertiary/aromatic N) is 2. The average molecular weight is 420 g/mol. The zero-order chi connectivity index (χ0) is 19.9. The lowest BCUT2D eigenvalue weighted by Gasteiger charge is -2.28. The molecular formula is C22H27Cl2N3O. The molecule has 28 heavy (non-hydrogen) atoms. The molecule has 0 bridgehead atoms. The quantitative estimate of drug-likeness (QED) is 0.696. The minimum Gasteiger partial charge on any atom is -0.338 e. The third-order valence-electron chi connectivity index (χ3n) is 5.21. The van der Waals surface area contributed by atoms with E-state index in [2.05, 4.69) is 34.5 Å². The van der Waals surface area contributed by atoms with Gasteiger partial charge in [0.2, 0.25) is 0 Å². The first-order valence-corrected chi connectivity index (χ1v) is 10.6. The van der Waals surface area contributed by atoms with Gasteiger partial charge in [-0.25, -0.2) is 4.79 Å². The molecule has 1 fully saturated rings. The van der Waals surface area contributed by atoms with E-state index in [1.54, 1.807) is 6.07 Å². The third-order valence-corrected chi connectivity index (χ3v) is 5.95. The monoisotopic (exact) mass is 419 g/mol. The lowest BCUT2D eigenvalue weighted by molar-refractivity contribution is 0.176. The minimum absolute atomic E-state index is 0.00845. The van der Waals surface area contributed by atoms with Crippen molar-refractivity contribution in [2.75, 3.05) is 26.2 Å². The number of carbonyl (C=O) groups is 1. The molecule has 1 N–H and O–H groups in total. The van der Waals surface area contributed by atoms with Gasteiger partial charge in [-0.05, 0) is 43.0 Å². The molecule has 1 atom stereocenters. The molecule has 1 unspecified atom stereocenters. The Morgan fingerprint density at radius 1 is 1.14 bits per heavy atom. The number of amides is 2. The normalized spacial score (nSPS) is 16.9. The summed E-state index contributed by atoms with van der Waals surface area (Å²) in [6.45, 7) is 6.21. The van der Waals surface area contributed by atoms with Crippen molar-refractivity contribution in [2.24, 2.45) is 0 Å². The Morgan fingerprint density at radius 2 is 1.93 bits per heavy atom. The van der Waals surface area contributed by atoms with Crippen molar-refractivity contribution >= 4 is 29.2 Å². The molecule has 1 saturated heterocycles. The Bertz CT molecular complexity index is 785. The highest BCUT2D eigenvalue weighted by molar-refractivity contribution is 6.42. The van der Waals surface area contributed by atoms with Crippen molar-refractivity contribution in [1.82, 2.24) is 15.1 Å². The number of likely N-dealkylation sites (N-methyl/N-ethyl adjacent to an activating group) is 1.